The molecule has 3 rings (SSSR count). The van der Waals surface area contributed by atoms with E-state index in [4.69, 9.17) is 4.74 Å². The lowest BCUT2D eigenvalue weighted by Crippen LogP contribution is -1.96. The minimum Gasteiger partial charge on any atom is -0.465 e. The van der Waals surface area contributed by atoms with Crippen LogP contribution in [0, 0.1) is 13.8 Å². The summed E-state index contributed by atoms with van der Waals surface area (Å²) in [6.45, 7) is 3.95. The number of thiophene rings is 1. The highest BCUT2D eigenvalue weighted by Gasteiger charge is 2.17. The highest BCUT2D eigenvalue weighted by molar-refractivity contribution is 7.14. The summed E-state index contributed by atoms with van der Waals surface area (Å²) in [4.78, 5) is 17.7. The molecule has 0 aliphatic heterocycles. The SMILES string of the molecule is COC(=O)c1cc(-c2cnn3cc(C)cnc23)c(C)s1. The summed E-state index contributed by atoms with van der Waals surface area (Å²) in [5, 5.41) is 4.31. The molecule has 0 saturated heterocycles. The smallest absolute Gasteiger partial charge is 0.348 e. The standard InChI is InChI=1S/C14H13N3O2S/c1-8-5-15-13-11(6-16-17(13)7-8)10-4-12(14(18)19-3)20-9(10)2/h4-7H,1-3H3. The van der Waals surface area contributed by atoms with Gasteiger partial charge in [-0.3, -0.25) is 0 Å². The van der Waals surface area contributed by atoms with Gasteiger partial charge in [0.1, 0.15) is 4.88 Å². The predicted molar refractivity (Wildman–Crippen MR) is 77.1 cm³/mol. The van der Waals surface area contributed by atoms with Crippen molar-refractivity contribution in [1.29, 1.82) is 0 Å². The predicted octanol–water partition coefficient (Wildman–Crippen LogP) is 2.86. The van der Waals surface area contributed by atoms with Crippen LogP contribution >= 0.6 is 11.3 Å². The Hall–Kier alpha value is -2.21. The third kappa shape index (κ3) is 1.98. The Balaban J connectivity index is 2.16. The average Bonchev–Trinajstić information content (AvgIpc) is 3.00. The van der Waals surface area contributed by atoms with Gasteiger partial charge in [-0.1, -0.05) is 0 Å². The molecule has 0 N–H and O–H groups in total. The van der Waals surface area contributed by atoms with E-state index in [9.17, 15) is 4.79 Å². The van der Waals surface area contributed by atoms with Gasteiger partial charge in [0, 0.05) is 28.4 Å². The van der Waals surface area contributed by atoms with Gasteiger partial charge in [-0.05, 0) is 25.5 Å². The van der Waals surface area contributed by atoms with E-state index in [2.05, 4.69) is 10.1 Å². The molecule has 5 nitrogen and oxygen atoms in total. The number of hydrogen-bond acceptors (Lipinski definition) is 5. The minimum atomic E-state index is -0.315. The minimum absolute atomic E-state index is 0.315. The Kier molecular flexibility index (Phi) is 3.02. The maximum atomic E-state index is 11.6. The number of fused-ring (bicyclic) bond motifs is 1. The Morgan fingerprint density at radius 3 is 2.85 bits per heavy atom. The summed E-state index contributed by atoms with van der Waals surface area (Å²) in [6.07, 6.45) is 5.51. The molecule has 0 bridgehead atoms. The van der Waals surface area contributed by atoms with Crippen LogP contribution in [0.5, 0.6) is 0 Å². The molecule has 3 aromatic heterocycles. The normalized spacial score (nSPS) is 10.9. The Bertz CT molecular complexity index is 804. The average molecular weight is 287 g/mol. The second-order valence-corrected chi connectivity index (χ2v) is 5.79. The first-order chi connectivity index (χ1) is 9.60. The van der Waals surface area contributed by atoms with Gasteiger partial charge in [-0.25, -0.2) is 14.3 Å². The largest absolute Gasteiger partial charge is 0.465 e. The van der Waals surface area contributed by atoms with Crippen LogP contribution in [0.1, 0.15) is 20.1 Å². The van der Waals surface area contributed by atoms with Gasteiger partial charge in [0.15, 0.2) is 5.65 Å². The topological polar surface area (TPSA) is 56.5 Å². The van der Waals surface area contributed by atoms with Crippen molar-refractivity contribution < 1.29 is 9.53 Å². The quantitative estimate of drug-likeness (QED) is 0.680. The highest BCUT2D eigenvalue weighted by atomic mass is 32.1. The van der Waals surface area contributed by atoms with Gasteiger partial charge in [-0.2, -0.15) is 5.10 Å². The van der Waals surface area contributed by atoms with Gasteiger partial charge >= 0.3 is 5.97 Å². The summed E-state index contributed by atoms with van der Waals surface area (Å²) >= 11 is 1.42. The van der Waals surface area contributed by atoms with Crippen molar-refractivity contribution in [2.75, 3.05) is 7.11 Å². The van der Waals surface area contributed by atoms with E-state index in [1.54, 1.807) is 10.7 Å². The van der Waals surface area contributed by atoms with Crippen LogP contribution in [0.15, 0.2) is 24.7 Å². The molecule has 3 aromatic rings. The molecular weight excluding hydrogens is 274 g/mol. The highest BCUT2D eigenvalue weighted by Crippen LogP contribution is 2.33. The number of hydrogen-bond donors (Lipinski definition) is 0. The third-order valence-corrected chi connectivity index (χ3v) is 4.11. The Morgan fingerprint density at radius 2 is 2.10 bits per heavy atom. The van der Waals surface area contributed by atoms with Gasteiger partial charge in [0.25, 0.3) is 0 Å². The van der Waals surface area contributed by atoms with Gasteiger partial charge in [0.05, 0.1) is 13.3 Å². The van der Waals surface area contributed by atoms with Gasteiger partial charge in [-0.15, -0.1) is 11.3 Å². The summed E-state index contributed by atoms with van der Waals surface area (Å²) in [7, 11) is 1.39. The fourth-order valence-corrected chi connectivity index (χ4v) is 3.06. The van der Waals surface area contributed by atoms with Crippen LogP contribution in [-0.4, -0.2) is 27.7 Å². The van der Waals surface area contributed by atoms with Gasteiger partial charge in [0.2, 0.25) is 0 Å². The van der Waals surface area contributed by atoms with Crippen molar-refractivity contribution in [3.05, 3.63) is 40.0 Å². The first-order valence-electron chi connectivity index (χ1n) is 6.09. The Morgan fingerprint density at radius 1 is 1.30 bits per heavy atom. The first kappa shape index (κ1) is 12.8. The van der Waals surface area contributed by atoms with Crippen molar-refractivity contribution in [3.8, 4) is 11.1 Å². The zero-order chi connectivity index (χ0) is 14.3. The molecule has 0 fully saturated rings. The van der Waals surface area contributed by atoms with Crippen molar-refractivity contribution >= 4 is 23.0 Å². The second-order valence-electron chi connectivity index (χ2n) is 4.53. The van der Waals surface area contributed by atoms with E-state index >= 15 is 0 Å². The molecule has 0 radical (unpaired) electrons. The van der Waals surface area contributed by atoms with Crippen LogP contribution in [0.25, 0.3) is 16.8 Å². The maximum Gasteiger partial charge on any atom is 0.348 e. The molecule has 0 aromatic carbocycles. The van der Waals surface area contributed by atoms with Crippen LogP contribution < -0.4 is 0 Å². The summed E-state index contributed by atoms with van der Waals surface area (Å²) in [6, 6.07) is 1.84. The number of rotatable bonds is 2. The fraction of sp³-hybridized carbons (Fsp3) is 0.214. The zero-order valence-corrected chi connectivity index (χ0v) is 12.2. The fourth-order valence-electron chi connectivity index (χ4n) is 2.11. The van der Waals surface area contributed by atoms with E-state index in [-0.39, 0.29) is 5.97 Å². The molecule has 0 aliphatic rings. The molecular formula is C14H13N3O2S. The molecule has 20 heavy (non-hydrogen) atoms. The monoisotopic (exact) mass is 287 g/mol. The van der Waals surface area contributed by atoms with E-state index in [1.807, 2.05) is 32.3 Å². The molecule has 6 heteroatoms. The first-order valence-corrected chi connectivity index (χ1v) is 6.91. The zero-order valence-electron chi connectivity index (χ0n) is 11.4. The lowest BCUT2D eigenvalue weighted by Gasteiger charge is -1.98. The molecule has 3 heterocycles. The number of methoxy groups -OCH3 is 1. The van der Waals surface area contributed by atoms with E-state index in [0.29, 0.717) is 4.88 Å². The summed E-state index contributed by atoms with van der Waals surface area (Å²) in [5.41, 5.74) is 3.73. The van der Waals surface area contributed by atoms with E-state index < -0.39 is 0 Å². The van der Waals surface area contributed by atoms with Crippen molar-refractivity contribution in [1.82, 2.24) is 14.6 Å². The lowest BCUT2D eigenvalue weighted by atomic mass is 10.1. The molecule has 0 unspecified atom stereocenters. The summed E-state index contributed by atoms with van der Waals surface area (Å²) < 4.78 is 6.51. The number of carbonyl (C=O) groups excluding carboxylic acids is 1. The number of aromatic nitrogens is 3. The van der Waals surface area contributed by atoms with Crippen LogP contribution in [0.2, 0.25) is 0 Å². The number of carbonyl (C=O) groups is 1. The van der Waals surface area contributed by atoms with E-state index in [0.717, 1.165) is 27.2 Å². The number of nitrogens with zero attached hydrogens (tertiary/aromatic N) is 3. The molecule has 0 saturated carbocycles. The molecule has 0 spiro atoms. The third-order valence-electron chi connectivity index (χ3n) is 3.08. The van der Waals surface area contributed by atoms with Crippen molar-refractivity contribution in [2.45, 2.75) is 13.8 Å². The number of esters is 1. The van der Waals surface area contributed by atoms with Gasteiger partial charge < -0.3 is 4.74 Å². The van der Waals surface area contributed by atoms with Crippen LogP contribution in [-0.2, 0) is 4.74 Å². The van der Waals surface area contributed by atoms with E-state index in [1.165, 1.54) is 18.4 Å². The van der Waals surface area contributed by atoms with Crippen molar-refractivity contribution in [3.63, 3.8) is 0 Å². The maximum absolute atomic E-state index is 11.6. The number of aryl methyl sites for hydroxylation is 2. The van der Waals surface area contributed by atoms with Crippen LogP contribution in [0.4, 0.5) is 0 Å². The Labute approximate surface area is 119 Å². The second kappa shape index (κ2) is 4.72. The number of ether oxygens (including phenoxy) is 1. The molecule has 0 atom stereocenters. The van der Waals surface area contributed by atoms with Crippen molar-refractivity contribution in [2.24, 2.45) is 0 Å². The molecule has 102 valence electrons. The summed E-state index contributed by atoms with van der Waals surface area (Å²) in [5.74, 6) is -0.315. The van der Waals surface area contributed by atoms with Crippen LogP contribution in [0.3, 0.4) is 0 Å². The lowest BCUT2D eigenvalue weighted by molar-refractivity contribution is 0.0606. The molecule has 0 aliphatic carbocycles. The molecule has 0 amide bonds.